The van der Waals surface area contributed by atoms with Crippen LogP contribution in [-0.4, -0.2) is 54.7 Å². The van der Waals surface area contributed by atoms with Crippen LogP contribution in [0.1, 0.15) is 27.2 Å². The lowest BCUT2D eigenvalue weighted by atomic mass is 10.2. The van der Waals surface area contributed by atoms with Crippen molar-refractivity contribution in [3.05, 3.63) is 30.3 Å². The molecule has 1 aromatic rings. The van der Waals surface area contributed by atoms with Crippen LogP contribution in [-0.2, 0) is 19.6 Å². The first-order chi connectivity index (χ1) is 11.5. The lowest BCUT2D eigenvalue weighted by molar-refractivity contribution is -0.142. The largest absolute Gasteiger partial charge is 0.480 e. The van der Waals surface area contributed by atoms with Crippen LogP contribution in [0.25, 0.3) is 0 Å². The molecule has 2 N–H and O–H groups in total. The van der Waals surface area contributed by atoms with E-state index in [1.165, 1.54) is 12.1 Å². The second-order valence-corrected chi connectivity index (χ2v) is 8.57. The van der Waals surface area contributed by atoms with Crippen LogP contribution in [0, 0.1) is 0 Å². The number of likely N-dealkylation sites (tertiary alicyclic amines) is 1. The number of nitrogens with one attached hydrogen (secondary N) is 1. The van der Waals surface area contributed by atoms with Crippen LogP contribution in [0.2, 0.25) is 0 Å². The predicted molar refractivity (Wildman–Crippen MR) is 89.5 cm³/mol. The molecular weight excluding hydrogens is 348 g/mol. The maximum absolute atomic E-state index is 12.4. The molecule has 2 atom stereocenters. The summed E-state index contributed by atoms with van der Waals surface area (Å²) in [6, 6.07) is 5.92. The molecule has 1 heterocycles. The number of benzene rings is 1. The number of aliphatic carboxylic acids is 1. The third-order valence-corrected chi connectivity index (χ3v) is 5.13. The van der Waals surface area contributed by atoms with E-state index in [0.29, 0.717) is 0 Å². The fraction of sp³-hybridized carbons (Fsp3) is 0.500. The Balaban J connectivity index is 2.14. The maximum atomic E-state index is 12.4. The van der Waals surface area contributed by atoms with Gasteiger partial charge < -0.3 is 9.84 Å². The van der Waals surface area contributed by atoms with Gasteiger partial charge in [0, 0.05) is 12.6 Å². The molecule has 0 aromatic heterocycles. The van der Waals surface area contributed by atoms with Gasteiger partial charge in [0.25, 0.3) is 0 Å². The van der Waals surface area contributed by atoms with Crippen molar-refractivity contribution in [1.82, 2.24) is 9.62 Å². The number of hydrogen-bond acceptors (Lipinski definition) is 5. The Morgan fingerprint density at radius 1 is 1.24 bits per heavy atom. The van der Waals surface area contributed by atoms with Gasteiger partial charge in [0.15, 0.2) is 0 Å². The molecule has 0 unspecified atom stereocenters. The van der Waals surface area contributed by atoms with Gasteiger partial charge in [-0.15, -0.1) is 0 Å². The number of ether oxygens (including phenoxy) is 1. The highest BCUT2D eigenvalue weighted by Crippen LogP contribution is 2.23. The SMILES string of the molecule is CC(C)(C)OC(=O)N1C[C@@H](NS(=O)(=O)c2ccccc2)C[C@@H]1C(=O)O. The Hall–Kier alpha value is -2.13. The summed E-state index contributed by atoms with van der Waals surface area (Å²) in [7, 11) is -3.80. The average molecular weight is 370 g/mol. The highest BCUT2D eigenvalue weighted by molar-refractivity contribution is 7.89. The van der Waals surface area contributed by atoms with E-state index in [1.54, 1.807) is 39.0 Å². The van der Waals surface area contributed by atoms with Gasteiger partial charge in [0.2, 0.25) is 10.0 Å². The summed E-state index contributed by atoms with van der Waals surface area (Å²) in [5.41, 5.74) is -0.776. The minimum absolute atomic E-state index is 0.0271. The van der Waals surface area contributed by atoms with E-state index < -0.39 is 39.8 Å². The Morgan fingerprint density at radius 2 is 1.84 bits per heavy atom. The zero-order valence-corrected chi connectivity index (χ0v) is 15.1. The van der Waals surface area contributed by atoms with Crippen LogP contribution < -0.4 is 4.72 Å². The first kappa shape index (κ1) is 19.2. The predicted octanol–water partition coefficient (Wildman–Crippen LogP) is 1.43. The second-order valence-electron chi connectivity index (χ2n) is 6.85. The van der Waals surface area contributed by atoms with E-state index >= 15 is 0 Å². The van der Waals surface area contributed by atoms with Crippen molar-refractivity contribution in [2.24, 2.45) is 0 Å². The van der Waals surface area contributed by atoms with Gasteiger partial charge in [-0.25, -0.2) is 22.7 Å². The molecule has 1 aliphatic heterocycles. The third kappa shape index (κ3) is 4.93. The fourth-order valence-corrected chi connectivity index (χ4v) is 3.83. The van der Waals surface area contributed by atoms with Crippen molar-refractivity contribution < 1.29 is 27.9 Å². The minimum atomic E-state index is -3.80. The Morgan fingerprint density at radius 3 is 2.36 bits per heavy atom. The summed E-state index contributed by atoms with van der Waals surface area (Å²) in [5, 5.41) is 9.34. The van der Waals surface area contributed by atoms with E-state index in [9.17, 15) is 23.1 Å². The van der Waals surface area contributed by atoms with Crippen molar-refractivity contribution in [3.63, 3.8) is 0 Å². The van der Waals surface area contributed by atoms with Gasteiger partial charge in [-0.3, -0.25) is 4.90 Å². The summed E-state index contributed by atoms with van der Waals surface area (Å²) in [6.45, 7) is 4.95. The van der Waals surface area contributed by atoms with E-state index in [2.05, 4.69) is 4.72 Å². The van der Waals surface area contributed by atoms with Crippen LogP contribution in [0.5, 0.6) is 0 Å². The molecule has 8 nitrogen and oxygen atoms in total. The van der Waals surface area contributed by atoms with Crippen molar-refractivity contribution >= 4 is 22.1 Å². The Labute approximate surface area is 146 Å². The van der Waals surface area contributed by atoms with E-state index in [1.807, 2.05) is 0 Å². The first-order valence-corrected chi connectivity index (χ1v) is 9.28. The molecule has 1 aliphatic rings. The number of carboxylic acids is 1. The second kappa shape index (κ2) is 7.01. The number of carbonyl (C=O) groups is 2. The molecule has 0 aliphatic carbocycles. The van der Waals surface area contributed by atoms with Crippen LogP contribution in [0.15, 0.2) is 35.2 Å². The van der Waals surface area contributed by atoms with E-state index in [-0.39, 0.29) is 17.9 Å². The summed E-state index contributed by atoms with van der Waals surface area (Å²) in [5.74, 6) is -1.20. The normalized spacial score (nSPS) is 21.2. The van der Waals surface area contributed by atoms with E-state index in [4.69, 9.17) is 4.74 Å². The van der Waals surface area contributed by atoms with Gasteiger partial charge in [-0.2, -0.15) is 0 Å². The number of amides is 1. The van der Waals surface area contributed by atoms with Crippen LogP contribution in [0.4, 0.5) is 4.79 Å². The van der Waals surface area contributed by atoms with Crippen molar-refractivity contribution in [2.45, 2.75) is 49.8 Å². The lowest BCUT2D eigenvalue weighted by Gasteiger charge is -2.26. The van der Waals surface area contributed by atoms with Crippen LogP contribution >= 0.6 is 0 Å². The van der Waals surface area contributed by atoms with Crippen LogP contribution in [0.3, 0.4) is 0 Å². The van der Waals surface area contributed by atoms with Crippen molar-refractivity contribution in [2.75, 3.05) is 6.54 Å². The monoisotopic (exact) mass is 370 g/mol. The topological polar surface area (TPSA) is 113 Å². The van der Waals surface area contributed by atoms with Gasteiger partial charge >= 0.3 is 12.1 Å². The number of sulfonamides is 1. The van der Waals surface area contributed by atoms with Gasteiger partial charge in [-0.1, -0.05) is 18.2 Å². The molecule has 1 amide bonds. The smallest absolute Gasteiger partial charge is 0.411 e. The molecule has 0 bridgehead atoms. The molecule has 1 fully saturated rings. The Bertz CT molecular complexity index is 742. The standard InChI is InChI=1S/C16H22N2O6S/c1-16(2,3)24-15(21)18-10-11(9-13(18)14(19)20)17-25(22,23)12-7-5-4-6-8-12/h4-8,11,13,17H,9-10H2,1-3H3,(H,19,20)/t11-,13+/m0/s1. The highest BCUT2D eigenvalue weighted by atomic mass is 32.2. The van der Waals surface area contributed by atoms with Gasteiger partial charge in [0.1, 0.15) is 11.6 Å². The maximum Gasteiger partial charge on any atom is 0.411 e. The molecule has 138 valence electrons. The number of hydrogen-bond donors (Lipinski definition) is 2. The number of nitrogens with zero attached hydrogens (tertiary/aromatic N) is 1. The first-order valence-electron chi connectivity index (χ1n) is 7.79. The summed E-state index contributed by atoms with van der Waals surface area (Å²) >= 11 is 0. The summed E-state index contributed by atoms with van der Waals surface area (Å²) < 4.78 is 32.4. The van der Waals surface area contributed by atoms with Gasteiger partial charge in [-0.05, 0) is 39.3 Å². The molecule has 25 heavy (non-hydrogen) atoms. The minimum Gasteiger partial charge on any atom is -0.480 e. The molecule has 9 heteroatoms. The molecule has 1 aromatic carbocycles. The molecule has 2 rings (SSSR count). The summed E-state index contributed by atoms with van der Waals surface area (Å²) in [4.78, 5) is 24.8. The average Bonchev–Trinajstić information content (AvgIpc) is 2.90. The number of carbonyl (C=O) groups excluding carboxylic acids is 1. The highest BCUT2D eigenvalue weighted by Gasteiger charge is 2.42. The van der Waals surface area contributed by atoms with Gasteiger partial charge in [0.05, 0.1) is 4.90 Å². The molecular formula is C16H22N2O6S. The lowest BCUT2D eigenvalue weighted by Crippen LogP contribution is -2.44. The molecule has 0 saturated carbocycles. The molecule has 0 radical (unpaired) electrons. The molecule has 1 saturated heterocycles. The Kier molecular flexibility index (Phi) is 5.38. The fourth-order valence-electron chi connectivity index (χ4n) is 2.56. The summed E-state index contributed by atoms with van der Waals surface area (Å²) in [6.07, 6.45) is -0.804. The zero-order valence-electron chi connectivity index (χ0n) is 14.3. The number of rotatable bonds is 4. The van der Waals surface area contributed by atoms with Crippen molar-refractivity contribution in [1.29, 1.82) is 0 Å². The quantitative estimate of drug-likeness (QED) is 0.829. The molecule has 0 spiro atoms. The third-order valence-electron chi connectivity index (χ3n) is 3.59. The van der Waals surface area contributed by atoms with E-state index in [0.717, 1.165) is 4.90 Å². The van der Waals surface area contributed by atoms with Crippen molar-refractivity contribution in [3.8, 4) is 0 Å². The number of carboxylic acid groups (broad SMARTS) is 1. The zero-order chi connectivity index (χ0) is 18.8.